The summed E-state index contributed by atoms with van der Waals surface area (Å²) in [4.78, 5) is 0. The molecule has 0 aliphatic rings. The Morgan fingerprint density at radius 2 is 1.47 bits per heavy atom. The van der Waals surface area contributed by atoms with Gasteiger partial charge < -0.3 is 18.9 Å². The molecule has 4 nitrogen and oxygen atoms in total. The Morgan fingerprint density at radius 1 is 0.842 bits per heavy atom. The first-order valence-corrected chi connectivity index (χ1v) is 6.66. The zero-order chi connectivity index (χ0) is 13.8. The molecule has 0 atom stereocenters. The van der Waals surface area contributed by atoms with Gasteiger partial charge in [-0.05, 0) is 18.1 Å². The summed E-state index contributed by atoms with van der Waals surface area (Å²) in [5, 5.41) is 0. The van der Waals surface area contributed by atoms with Gasteiger partial charge in [0.25, 0.3) is 0 Å². The van der Waals surface area contributed by atoms with Crippen molar-refractivity contribution in [1.29, 1.82) is 0 Å². The standard InChI is InChI=1S/C15H24O4/c1-3-17-7-8-18-9-10-19-13-15-6-4-5-14(11-15)12-16-2/h4-6,11H,3,7-10,12-13H2,1-2H3. The fraction of sp³-hybridized carbons (Fsp3) is 0.600. The molecule has 1 aromatic carbocycles. The Bertz CT molecular complexity index is 328. The van der Waals surface area contributed by atoms with Crippen LogP contribution in [-0.4, -0.2) is 40.1 Å². The smallest absolute Gasteiger partial charge is 0.0718 e. The van der Waals surface area contributed by atoms with Crippen molar-refractivity contribution >= 4 is 0 Å². The molecule has 4 heteroatoms. The SMILES string of the molecule is CCOCCOCCOCc1cccc(COC)c1. The maximum absolute atomic E-state index is 5.55. The molecule has 0 saturated carbocycles. The van der Waals surface area contributed by atoms with Gasteiger partial charge >= 0.3 is 0 Å². The second kappa shape index (κ2) is 10.9. The summed E-state index contributed by atoms with van der Waals surface area (Å²) in [6.07, 6.45) is 0. The van der Waals surface area contributed by atoms with Crippen LogP contribution >= 0.6 is 0 Å². The molecule has 0 aromatic heterocycles. The minimum atomic E-state index is 0.598. The van der Waals surface area contributed by atoms with Gasteiger partial charge in [-0.15, -0.1) is 0 Å². The number of benzene rings is 1. The molecule has 0 aliphatic heterocycles. The summed E-state index contributed by atoms with van der Waals surface area (Å²) < 4.78 is 21.2. The molecule has 0 N–H and O–H groups in total. The average Bonchev–Trinajstić information content (AvgIpc) is 2.43. The van der Waals surface area contributed by atoms with E-state index < -0.39 is 0 Å². The molecule has 0 spiro atoms. The van der Waals surface area contributed by atoms with Gasteiger partial charge in [0.1, 0.15) is 0 Å². The minimum absolute atomic E-state index is 0.598. The normalized spacial score (nSPS) is 10.8. The number of methoxy groups -OCH3 is 1. The maximum atomic E-state index is 5.55. The van der Waals surface area contributed by atoms with Crippen LogP contribution in [0.2, 0.25) is 0 Å². The third kappa shape index (κ3) is 7.95. The van der Waals surface area contributed by atoms with Gasteiger partial charge in [0.05, 0.1) is 39.6 Å². The first-order chi connectivity index (χ1) is 9.36. The molecule has 0 saturated heterocycles. The first kappa shape index (κ1) is 16.1. The van der Waals surface area contributed by atoms with E-state index in [9.17, 15) is 0 Å². The van der Waals surface area contributed by atoms with Crippen LogP contribution < -0.4 is 0 Å². The van der Waals surface area contributed by atoms with Crippen molar-refractivity contribution < 1.29 is 18.9 Å². The lowest BCUT2D eigenvalue weighted by Gasteiger charge is -2.07. The van der Waals surface area contributed by atoms with Gasteiger partial charge in [-0.25, -0.2) is 0 Å². The molecule has 0 fully saturated rings. The van der Waals surface area contributed by atoms with E-state index in [1.165, 1.54) is 0 Å². The number of ether oxygens (including phenoxy) is 4. The van der Waals surface area contributed by atoms with Crippen LogP contribution in [0.1, 0.15) is 18.1 Å². The third-order valence-electron chi connectivity index (χ3n) is 2.52. The van der Waals surface area contributed by atoms with Crippen LogP contribution in [-0.2, 0) is 32.2 Å². The van der Waals surface area contributed by atoms with E-state index in [4.69, 9.17) is 18.9 Å². The van der Waals surface area contributed by atoms with E-state index in [1.54, 1.807) is 7.11 Å². The van der Waals surface area contributed by atoms with Crippen molar-refractivity contribution in [2.75, 3.05) is 40.1 Å². The molecular weight excluding hydrogens is 244 g/mol. The Morgan fingerprint density at radius 3 is 2.16 bits per heavy atom. The molecule has 1 aromatic rings. The van der Waals surface area contributed by atoms with E-state index in [2.05, 4.69) is 12.1 Å². The van der Waals surface area contributed by atoms with Crippen LogP contribution in [0.25, 0.3) is 0 Å². The van der Waals surface area contributed by atoms with Crippen molar-refractivity contribution in [3.63, 3.8) is 0 Å². The van der Waals surface area contributed by atoms with Crippen molar-refractivity contribution in [3.05, 3.63) is 35.4 Å². The lowest BCUT2D eigenvalue weighted by Crippen LogP contribution is -2.09. The summed E-state index contributed by atoms with van der Waals surface area (Å²) in [5.74, 6) is 0. The molecule has 0 heterocycles. The Hall–Kier alpha value is -0.940. The van der Waals surface area contributed by atoms with Gasteiger partial charge in [0.15, 0.2) is 0 Å². The number of hydrogen-bond donors (Lipinski definition) is 0. The Kier molecular flexibility index (Phi) is 9.27. The molecule has 108 valence electrons. The van der Waals surface area contributed by atoms with Crippen molar-refractivity contribution in [3.8, 4) is 0 Å². The zero-order valence-corrected chi connectivity index (χ0v) is 11.9. The average molecular weight is 268 g/mol. The largest absolute Gasteiger partial charge is 0.380 e. The van der Waals surface area contributed by atoms with E-state index in [-0.39, 0.29) is 0 Å². The van der Waals surface area contributed by atoms with E-state index in [0.29, 0.717) is 39.6 Å². The van der Waals surface area contributed by atoms with Crippen LogP contribution in [0.4, 0.5) is 0 Å². The van der Waals surface area contributed by atoms with Gasteiger partial charge in [-0.3, -0.25) is 0 Å². The Balaban J connectivity index is 2.07. The third-order valence-corrected chi connectivity index (χ3v) is 2.52. The van der Waals surface area contributed by atoms with Crippen LogP contribution in [0.3, 0.4) is 0 Å². The Labute approximate surface area is 115 Å². The van der Waals surface area contributed by atoms with E-state index in [0.717, 1.165) is 17.7 Å². The molecule has 0 bridgehead atoms. The predicted octanol–water partition coefficient (Wildman–Crippen LogP) is 2.40. The summed E-state index contributed by atoms with van der Waals surface area (Å²) in [7, 11) is 1.70. The molecule has 0 aliphatic carbocycles. The summed E-state index contributed by atoms with van der Waals surface area (Å²) >= 11 is 0. The predicted molar refractivity (Wildman–Crippen MR) is 74.1 cm³/mol. The van der Waals surface area contributed by atoms with Gasteiger partial charge in [0.2, 0.25) is 0 Å². The minimum Gasteiger partial charge on any atom is -0.380 e. The summed E-state index contributed by atoms with van der Waals surface area (Å²) in [6.45, 7) is 6.42. The molecule has 0 radical (unpaired) electrons. The second-order valence-corrected chi connectivity index (χ2v) is 4.11. The second-order valence-electron chi connectivity index (χ2n) is 4.11. The first-order valence-electron chi connectivity index (χ1n) is 6.66. The maximum Gasteiger partial charge on any atom is 0.0718 e. The summed E-state index contributed by atoms with van der Waals surface area (Å²) in [5.41, 5.74) is 2.32. The van der Waals surface area contributed by atoms with Crippen LogP contribution in [0.5, 0.6) is 0 Å². The van der Waals surface area contributed by atoms with E-state index >= 15 is 0 Å². The van der Waals surface area contributed by atoms with Crippen molar-refractivity contribution in [1.82, 2.24) is 0 Å². The fourth-order valence-electron chi connectivity index (χ4n) is 1.65. The molecule has 19 heavy (non-hydrogen) atoms. The van der Waals surface area contributed by atoms with Crippen molar-refractivity contribution in [2.45, 2.75) is 20.1 Å². The lowest BCUT2D eigenvalue weighted by molar-refractivity contribution is 0.0128. The highest BCUT2D eigenvalue weighted by atomic mass is 16.5. The van der Waals surface area contributed by atoms with Gasteiger partial charge in [-0.1, -0.05) is 24.3 Å². The topological polar surface area (TPSA) is 36.9 Å². The highest BCUT2D eigenvalue weighted by Crippen LogP contribution is 2.07. The highest BCUT2D eigenvalue weighted by Gasteiger charge is 1.97. The van der Waals surface area contributed by atoms with E-state index in [1.807, 2.05) is 19.1 Å². The van der Waals surface area contributed by atoms with Gasteiger partial charge in [0, 0.05) is 13.7 Å². The number of hydrogen-bond acceptors (Lipinski definition) is 4. The van der Waals surface area contributed by atoms with Gasteiger partial charge in [-0.2, -0.15) is 0 Å². The summed E-state index contributed by atoms with van der Waals surface area (Å²) in [6, 6.07) is 8.21. The molecule has 0 amide bonds. The fourth-order valence-corrected chi connectivity index (χ4v) is 1.65. The van der Waals surface area contributed by atoms with Crippen LogP contribution in [0, 0.1) is 0 Å². The lowest BCUT2D eigenvalue weighted by atomic mass is 10.1. The molecular formula is C15H24O4. The quantitative estimate of drug-likeness (QED) is 0.578. The van der Waals surface area contributed by atoms with Crippen molar-refractivity contribution in [2.24, 2.45) is 0 Å². The number of rotatable bonds is 11. The molecule has 0 unspecified atom stereocenters. The molecule has 1 rings (SSSR count). The highest BCUT2D eigenvalue weighted by molar-refractivity contribution is 5.22. The monoisotopic (exact) mass is 268 g/mol. The zero-order valence-electron chi connectivity index (χ0n) is 11.9. The van der Waals surface area contributed by atoms with Crippen LogP contribution in [0.15, 0.2) is 24.3 Å².